The molecule has 14 heavy (non-hydrogen) atoms. The molecule has 1 atom stereocenters. The second kappa shape index (κ2) is 4.33. The molecule has 0 aromatic heterocycles. The molecule has 0 spiro atoms. The molecule has 1 nitrogen and oxygen atoms in total. The first-order valence-electron chi connectivity index (χ1n) is 4.81. The van der Waals surface area contributed by atoms with Gasteiger partial charge in [0.2, 0.25) is 0 Å². The predicted octanol–water partition coefficient (Wildman–Crippen LogP) is 4.05. The van der Waals surface area contributed by atoms with Crippen molar-refractivity contribution in [1.82, 2.24) is 0 Å². The molecule has 0 amide bonds. The van der Waals surface area contributed by atoms with Gasteiger partial charge in [0.15, 0.2) is 0 Å². The van der Waals surface area contributed by atoms with E-state index in [0.29, 0.717) is 5.92 Å². The van der Waals surface area contributed by atoms with E-state index in [1.165, 1.54) is 6.42 Å². The number of halogens is 2. The molecular formula is C11H12Br2O. The van der Waals surface area contributed by atoms with E-state index in [4.69, 9.17) is 0 Å². The van der Waals surface area contributed by atoms with Crippen LogP contribution in [0, 0.1) is 5.92 Å². The van der Waals surface area contributed by atoms with Crippen LogP contribution in [0.4, 0.5) is 0 Å². The molecule has 3 heteroatoms. The molecule has 0 bridgehead atoms. The van der Waals surface area contributed by atoms with Gasteiger partial charge < -0.3 is 5.11 Å². The summed E-state index contributed by atoms with van der Waals surface area (Å²) in [5.74, 6) is 0.459. The summed E-state index contributed by atoms with van der Waals surface area (Å²) in [7, 11) is 0. The van der Waals surface area contributed by atoms with E-state index in [2.05, 4.69) is 31.9 Å². The largest absolute Gasteiger partial charge is 0.388 e. The van der Waals surface area contributed by atoms with E-state index in [1.807, 2.05) is 18.2 Å². The quantitative estimate of drug-likeness (QED) is 0.872. The summed E-state index contributed by atoms with van der Waals surface area (Å²) in [6, 6.07) is 5.94. The first-order valence-corrected chi connectivity index (χ1v) is 6.40. The zero-order valence-electron chi connectivity index (χ0n) is 7.71. The van der Waals surface area contributed by atoms with E-state index in [0.717, 1.165) is 27.4 Å². The monoisotopic (exact) mass is 318 g/mol. The van der Waals surface area contributed by atoms with Crippen LogP contribution in [0.15, 0.2) is 27.1 Å². The van der Waals surface area contributed by atoms with Crippen molar-refractivity contribution in [2.75, 3.05) is 0 Å². The van der Waals surface area contributed by atoms with Crippen molar-refractivity contribution >= 4 is 31.9 Å². The highest BCUT2D eigenvalue weighted by Gasteiger charge is 2.27. The fraction of sp³-hybridized carbons (Fsp3) is 0.455. The summed E-state index contributed by atoms with van der Waals surface area (Å²) < 4.78 is 2.02. The Morgan fingerprint density at radius 2 is 2.00 bits per heavy atom. The van der Waals surface area contributed by atoms with Crippen LogP contribution in [0.3, 0.4) is 0 Å². The van der Waals surface area contributed by atoms with Crippen LogP contribution in [-0.4, -0.2) is 5.11 Å². The Hall–Kier alpha value is 0.140. The molecule has 1 aromatic rings. The average Bonchev–Trinajstić information content (AvgIpc) is 2.06. The molecule has 1 aliphatic carbocycles. The molecule has 1 aliphatic rings. The minimum atomic E-state index is -0.310. The second-order valence-corrected chi connectivity index (χ2v) is 5.57. The molecule has 1 N–H and O–H groups in total. The van der Waals surface area contributed by atoms with E-state index in [1.54, 1.807) is 0 Å². The lowest BCUT2D eigenvalue weighted by molar-refractivity contribution is 0.0615. The lowest BCUT2D eigenvalue weighted by Crippen LogP contribution is -2.20. The molecular weight excluding hydrogens is 308 g/mol. The van der Waals surface area contributed by atoms with Gasteiger partial charge in [0.05, 0.1) is 6.10 Å². The summed E-state index contributed by atoms with van der Waals surface area (Å²) in [5.41, 5.74) is 1.00. The Morgan fingerprint density at radius 1 is 1.29 bits per heavy atom. The van der Waals surface area contributed by atoms with Crippen molar-refractivity contribution in [1.29, 1.82) is 0 Å². The minimum Gasteiger partial charge on any atom is -0.388 e. The number of hydrogen-bond acceptors (Lipinski definition) is 1. The number of benzene rings is 1. The van der Waals surface area contributed by atoms with E-state index in [-0.39, 0.29) is 6.10 Å². The summed E-state index contributed by atoms with van der Waals surface area (Å²) in [6.45, 7) is 0. The zero-order chi connectivity index (χ0) is 10.1. The van der Waals surface area contributed by atoms with E-state index in [9.17, 15) is 5.11 Å². The first kappa shape index (κ1) is 10.7. The van der Waals surface area contributed by atoms with Crippen LogP contribution in [0.25, 0.3) is 0 Å². The van der Waals surface area contributed by atoms with Gasteiger partial charge in [-0.05, 0) is 42.5 Å². The van der Waals surface area contributed by atoms with Gasteiger partial charge in [0.1, 0.15) is 0 Å². The highest BCUT2D eigenvalue weighted by Crippen LogP contribution is 2.40. The number of aliphatic hydroxyl groups is 1. The van der Waals surface area contributed by atoms with Crippen LogP contribution >= 0.6 is 31.9 Å². The Bertz CT molecular complexity index is 334. The summed E-state index contributed by atoms with van der Waals surface area (Å²) in [4.78, 5) is 0. The van der Waals surface area contributed by atoms with Crippen LogP contribution in [-0.2, 0) is 0 Å². The van der Waals surface area contributed by atoms with Crippen LogP contribution < -0.4 is 0 Å². The topological polar surface area (TPSA) is 20.2 Å². The number of rotatable bonds is 2. The van der Waals surface area contributed by atoms with Gasteiger partial charge in [-0.25, -0.2) is 0 Å². The third-order valence-corrected chi connectivity index (χ3v) is 4.09. The minimum absolute atomic E-state index is 0.310. The third kappa shape index (κ3) is 2.05. The Labute approximate surface area is 101 Å². The maximum Gasteiger partial charge on any atom is 0.0829 e. The van der Waals surface area contributed by atoms with Crippen molar-refractivity contribution < 1.29 is 5.11 Å². The molecule has 0 heterocycles. The van der Waals surface area contributed by atoms with Gasteiger partial charge in [-0.1, -0.05) is 38.3 Å². The molecule has 1 unspecified atom stereocenters. The molecule has 1 fully saturated rings. The van der Waals surface area contributed by atoms with Gasteiger partial charge >= 0.3 is 0 Å². The van der Waals surface area contributed by atoms with Crippen LogP contribution in [0.5, 0.6) is 0 Å². The van der Waals surface area contributed by atoms with Gasteiger partial charge in [-0.2, -0.15) is 0 Å². The van der Waals surface area contributed by atoms with E-state index < -0.39 is 0 Å². The molecule has 2 rings (SSSR count). The standard InChI is InChI=1S/C11H12Br2O/c12-8-4-5-10(13)9(6-8)11(14)7-2-1-3-7/h4-7,11,14H,1-3H2. The fourth-order valence-electron chi connectivity index (χ4n) is 1.75. The van der Waals surface area contributed by atoms with E-state index >= 15 is 0 Å². The third-order valence-electron chi connectivity index (χ3n) is 2.87. The highest BCUT2D eigenvalue weighted by atomic mass is 79.9. The zero-order valence-corrected chi connectivity index (χ0v) is 10.9. The van der Waals surface area contributed by atoms with Gasteiger partial charge in [-0.15, -0.1) is 0 Å². The Morgan fingerprint density at radius 3 is 2.57 bits per heavy atom. The Balaban J connectivity index is 2.24. The van der Waals surface area contributed by atoms with Crippen LogP contribution in [0.2, 0.25) is 0 Å². The fourth-order valence-corrected chi connectivity index (χ4v) is 2.61. The average molecular weight is 320 g/mol. The summed E-state index contributed by atoms with van der Waals surface area (Å²) in [5, 5.41) is 10.1. The lowest BCUT2D eigenvalue weighted by Gasteiger charge is -2.31. The van der Waals surface area contributed by atoms with Crippen molar-refractivity contribution in [2.24, 2.45) is 5.92 Å². The number of hydrogen-bond donors (Lipinski definition) is 1. The molecule has 1 aromatic carbocycles. The molecule has 0 aliphatic heterocycles. The van der Waals surface area contributed by atoms with Gasteiger partial charge in [0, 0.05) is 8.95 Å². The molecule has 0 radical (unpaired) electrons. The van der Waals surface area contributed by atoms with Crippen molar-refractivity contribution in [2.45, 2.75) is 25.4 Å². The highest BCUT2D eigenvalue weighted by molar-refractivity contribution is 9.11. The van der Waals surface area contributed by atoms with Crippen molar-refractivity contribution in [3.05, 3.63) is 32.7 Å². The second-order valence-electron chi connectivity index (χ2n) is 3.80. The maximum atomic E-state index is 10.1. The molecule has 0 saturated heterocycles. The van der Waals surface area contributed by atoms with Gasteiger partial charge in [0.25, 0.3) is 0 Å². The van der Waals surface area contributed by atoms with Crippen molar-refractivity contribution in [3.63, 3.8) is 0 Å². The molecule has 1 saturated carbocycles. The van der Waals surface area contributed by atoms with Crippen LogP contribution in [0.1, 0.15) is 30.9 Å². The summed E-state index contributed by atoms with van der Waals surface area (Å²) in [6.07, 6.45) is 3.25. The normalized spacial score (nSPS) is 19.1. The summed E-state index contributed by atoms with van der Waals surface area (Å²) >= 11 is 6.89. The maximum absolute atomic E-state index is 10.1. The predicted molar refractivity (Wildman–Crippen MR) is 64.1 cm³/mol. The molecule has 76 valence electrons. The lowest BCUT2D eigenvalue weighted by atomic mass is 9.79. The van der Waals surface area contributed by atoms with Gasteiger partial charge in [-0.3, -0.25) is 0 Å². The Kier molecular flexibility index (Phi) is 3.30. The first-order chi connectivity index (χ1) is 6.68. The number of aliphatic hydroxyl groups excluding tert-OH is 1. The SMILES string of the molecule is OC(c1cc(Br)ccc1Br)C1CCC1. The smallest absolute Gasteiger partial charge is 0.0829 e. The van der Waals surface area contributed by atoms with Crippen molar-refractivity contribution in [3.8, 4) is 0 Å².